The highest BCUT2D eigenvalue weighted by molar-refractivity contribution is 6.05. The molecule has 2 aliphatic rings. The number of nitrogens with zero attached hydrogens (tertiary/aromatic N) is 2. The van der Waals surface area contributed by atoms with Gasteiger partial charge in [0.2, 0.25) is 0 Å². The Labute approximate surface area is 338 Å². The summed E-state index contributed by atoms with van der Waals surface area (Å²) in [5.74, 6) is -2.62. The fraction of sp³-hybridized carbons (Fsp3) is 0.386. The first-order valence-corrected chi connectivity index (χ1v) is 19.1. The van der Waals surface area contributed by atoms with Gasteiger partial charge in [-0.1, -0.05) is 45.0 Å². The Balaban J connectivity index is 1.32. The summed E-state index contributed by atoms with van der Waals surface area (Å²) in [6, 6.07) is 16.3. The molecule has 3 atom stereocenters. The van der Waals surface area contributed by atoms with E-state index in [1.54, 1.807) is 20.8 Å². The van der Waals surface area contributed by atoms with E-state index in [4.69, 9.17) is 14.2 Å². The van der Waals surface area contributed by atoms with Gasteiger partial charge in [0.25, 0.3) is 5.91 Å². The number of hydrogen-bond acceptors (Lipinski definition) is 6. The number of nitrogens with one attached hydrogen (secondary N) is 1. The first kappa shape index (κ1) is 42.7. The van der Waals surface area contributed by atoms with E-state index in [0.29, 0.717) is 19.4 Å². The molecule has 4 aromatic carbocycles. The van der Waals surface area contributed by atoms with Gasteiger partial charge in [-0.05, 0) is 91.9 Å². The first-order valence-electron chi connectivity index (χ1n) is 19.1. The molecule has 2 N–H and O–H groups in total. The highest BCUT2D eigenvalue weighted by Crippen LogP contribution is 2.43. The predicted octanol–water partition coefficient (Wildman–Crippen LogP) is 10.5. The van der Waals surface area contributed by atoms with Crippen LogP contribution in [-0.4, -0.2) is 76.5 Å². The lowest BCUT2D eigenvalue weighted by Crippen LogP contribution is -2.48. The Morgan fingerprint density at radius 2 is 1.46 bits per heavy atom. The molecule has 2 fully saturated rings. The minimum Gasteiger partial charge on any atom is -0.488 e. The summed E-state index contributed by atoms with van der Waals surface area (Å²) < 4.78 is 89.8. The van der Waals surface area contributed by atoms with E-state index < -0.39 is 70.7 Å². The van der Waals surface area contributed by atoms with E-state index >= 15 is 0 Å². The lowest BCUT2D eigenvalue weighted by atomic mass is 9.83. The van der Waals surface area contributed by atoms with Crippen LogP contribution in [-0.2, 0) is 10.9 Å². The molecule has 2 heterocycles. The summed E-state index contributed by atoms with van der Waals surface area (Å²) in [6.07, 6.45) is -6.79. The number of hydrogen-bond donors (Lipinski definition) is 2. The maximum Gasteiger partial charge on any atom is 0.417 e. The summed E-state index contributed by atoms with van der Waals surface area (Å²) in [5, 5.41) is 12.6. The van der Waals surface area contributed by atoms with Gasteiger partial charge in [-0.15, -0.1) is 0 Å². The van der Waals surface area contributed by atoms with Crippen molar-refractivity contribution in [2.75, 3.05) is 25.0 Å². The molecule has 0 spiro atoms. The van der Waals surface area contributed by atoms with E-state index in [9.17, 15) is 41.4 Å². The second-order valence-corrected chi connectivity index (χ2v) is 16.7. The highest BCUT2D eigenvalue weighted by atomic mass is 19.4. The second kappa shape index (κ2) is 16.4. The van der Waals surface area contributed by atoms with Gasteiger partial charge in [0.1, 0.15) is 29.3 Å². The van der Waals surface area contributed by atoms with Crippen LogP contribution >= 0.6 is 0 Å². The second-order valence-electron chi connectivity index (χ2n) is 16.7. The molecule has 314 valence electrons. The number of amides is 3. The number of halogens is 5. The quantitative estimate of drug-likeness (QED) is 0.170. The first-order chi connectivity index (χ1) is 27.6. The molecule has 4 aromatic rings. The Hall–Kier alpha value is -5.86. The molecule has 2 unspecified atom stereocenters. The summed E-state index contributed by atoms with van der Waals surface area (Å²) in [6.45, 7) is 11.6. The Bertz CT molecular complexity index is 2230. The van der Waals surface area contributed by atoms with Crippen molar-refractivity contribution in [3.05, 3.63) is 102 Å². The summed E-state index contributed by atoms with van der Waals surface area (Å²) in [7, 11) is 0. The van der Waals surface area contributed by atoms with Gasteiger partial charge >= 0.3 is 18.4 Å². The van der Waals surface area contributed by atoms with Crippen LogP contribution in [0.1, 0.15) is 70.3 Å². The Kier molecular flexibility index (Phi) is 11.9. The molecule has 0 aromatic heterocycles. The lowest BCUT2D eigenvalue weighted by molar-refractivity contribution is -0.137. The average Bonchev–Trinajstić information content (AvgIpc) is 3.80. The van der Waals surface area contributed by atoms with Crippen LogP contribution in [0.15, 0.2) is 78.9 Å². The Morgan fingerprint density at radius 1 is 0.763 bits per heavy atom. The summed E-state index contributed by atoms with van der Waals surface area (Å²) >= 11 is 0. The van der Waals surface area contributed by atoms with Gasteiger partial charge in [0.05, 0.1) is 18.2 Å². The molecule has 2 aliphatic heterocycles. The van der Waals surface area contributed by atoms with Crippen LogP contribution in [0, 0.1) is 17.0 Å². The van der Waals surface area contributed by atoms with Crippen LogP contribution in [0.4, 0.5) is 37.2 Å². The molecule has 3 amide bonds. The molecule has 15 heteroatoms. The maximum atomic E-state index is 14.6. The van der Waals surface area contributed by atoms with Gasteiger partial charge in [0, 0.05) is 48.3 Å². The van der Waals surface area contributed by atoms with Crippen LogP contribution in [0.3, 0.4) is 0 Å². The largest absolute Gasteiger partial charge is 0.488 e. The van der Waals surface area contributed by atoms with E-state index in [-0.39, 0.29) is 58.1 Å². The monoisotopic (exact) mass is 823 g/mol. The van der Waals surface area contributed by atoms with Crippen molar-refractivity contribution in [2.45, 2.75) is 84.4 Å². The number of likely N-dealkylation sites (tertiary alicyclic amines) is 2. The van der Waals surface area contributed by atoms with Crippen molar-refractivity contribution >= 4 is 23.8 Å². The molecule has 6 rings (SSSR count). The van der Waals surface area contributed by atoms with Gasteiger partial charge in [-0.2, -0.15) is 13.2 Å². The number of carboxylic acid groups (broad SMARTS) is 1. The number of benzene rings is 4. The van der Waals surface area contributed by atoms with Crippen molar-refractivity contribution in [3.63, 3.8) is 0 Å². The molecular formula is C44H46F5N3O7. The standard InChI is InChI=1S/C44H46F5N3O7/c1-42(2,3)38-37(18-20-52(38)40(54)55)58-35-15-12-26(21-30(35)25-11-14-33(45)34(46)22-25)39(53)50-27-13-16-36(31(23-27)29-9-7-8-10-32(29)44(47,48)49)57-28-17-19-51(24-28)41(56)59-43(4,5)6/h7-16,21-23,28,37-38H,17-20,24H2,1-6H3,(H,50,53)(H,54,55)/t28-,37?,38?/m0/s1. The van der Waals surface area contributed by atoms with E-state index in [1.807, 2.05) is 20.8 Å². The number of carbonyl (C=O) groups excluding carboxylic acids is 2. The molecule has 0 saturated carbocycles. The third kappa shape index (κ3) is 9.89. The zero-order valence-electron chi connectivity index (χ0n) is 33.5. The lowest BCUT2D eigenvalue weighted by Gasteiger charge is -2.37. The van der Waals surface area contributed by atoms with Crippen LogP contribution in [0.25, 0.3) is 22.3 Å². The molecular weight excluding hydrogens is 777 g/mol. The van der Waals surface area contributed by atoms with E-state index in [1.165, 1.54) is 70.5 Å². The van der Waals surface area contributed by atoms with Gasteiger partial charge in [-0.3, -0.25) is 4.79 Å². The molecule has 0 aliphatic carbocycles. The SMILES string of the molecule is CC(C)(C)OC(=O)N1CC[C@H](Oc2ccc(NC(=O)c3ccc(OC4CCN(C(=O)O)C4C(C)(C)C)c(-c4ccc(F)c(F)c4)c3)cc2-c2ccccc2C(F)(F)F)C1. The summed E-state index contributed by atoms with van der Waals surface area (Å²) in [5.41, 5.74) is -1.76. The maximum absolute atomic E-state index is 14.6. The number of anilines is 1. The van der Waals surface area contributed by atoms with Gasteiger partial charge in [0.15, 0.2) is 11.6 Å². The zero-order chi connectivity index (χ0) is 43.0. The number of rotatable bonds is 8. The number of carbonyl (C=O) groups is 3. The fourth-order valence-corrected chi connectivity index (χ4v) is 7.54. The molecule has 59 heavy (non-hydrogen) atoms. The van der Waals surface area contributed by atoms with Crippen molar-refractivity contribution in [1.29, 1.82) is 0 Å². The number of alkyl halides is 3. The predicted molar refractivity (Wildman–Crippen MR) is 210 cm³/mol. The molecule has 10 nitrogen and oxygen atoms in total. The molecule has 0 bridgehead atoms. The Morgan fingerprint density at radius 3 is 2.12 bits per heavy atom. The van der Waals surface area contributed by atoms with Crippen molar-refractivity contribution in [1.82, 2.24) is 9.80 Å². The van der Waals surface area contributed by atoms with E-state index in [2.05, 4.69) is 5.32 Å². The van der Waals surface area contributed by atoms with Gasteiger partial charge in [-0.25, -0.2) is 18.4 Å². The van der Waals surface area contributed by atoms with Crippen LogP contribution in [0.2, 0.25) is 0 Å². The van der Waals surface area contributed by atoms with Gasteiger partial charge < -0.3 is 34.4 Å². The average molecular weight is 824 g/mol. The fourth-order valence-electron chi connectivity index (χ4n) is 7.54. The van der Waals surface area contributed by atoms with Crippen LogP contribution in [0.5, 0.6) is 11.5 Å². The molecule has 0 radical (unpaired) electrons. The number of ether oxygens (including phenoxy) is 3. The van der Waals surface area contributed by atoms with Crippen molar-refractivity contribution in [3.8, 4) is 33.8 Å². The minimum absolute atomic E-state index is 0.0399. The molecule has 2 saturated heterocycles. The van der Waals surface area contributed by atoms with Crippen LogP contribution < -0.4 is 14.8 Å². The highest BCUT2D eigenvalue weighted by Gasteiger charge is 2.46. The third-order valence-electron chi connectivity index (χ3n) is 10.1. The van der Waals surface area contributed by atoms with Crippen molar-refractivity contribution < 1.29 is 55.7 Å². The summed E-state index contributed by atoms with van der Waals surface area (Å²) in [4.78, 5) is 41.5. The minimum atomic E-state index is -4.73. The van der Waals surface area contributed by atoms with Crippen molar-refractivity contribution in [2.24, 2.45) is 5.41 Å². The van der Waals surface area contributed by atoms with E-state index in [0.717, 1.165) is 18.2 Å². The third-order valence-corrected chi connectivity index (χ3v) is 10.1. The zero-order valence-corrected chi connectivity index (χ0v) is 33.5. The normalized spacial score (nSPS) is 18.5. The smallest absolute Gasteiger partial charge is 0.417 e. The topological polar surface area (TPSA) is 118 Å².